The maximum atomic E-state index is 12.1. The van der Waals surface area contributed by atoms with Crippen molar-refractivity contribution in [1.29, 1.82) is 0 Å². The molecular weight excluding hydrogens is 362 g/mol. The first-order chi connectivity index (χ1) is 13.5. The van der Waals surface area contributed by atoms with Crippen LogP contribution in [0.1, 0.15) is 37.7 Å². The number of ether oxygens (including phenoxy) is 4. The molecule has 2 bridgehead atoms. The van der Waals surface area contributed by atoms with E-state index >= 15 is 0 Å². The van der Waals surface area contributed by atoms with Crippen molar-refractivity contribution in [3.8, 4) is 17.2 Å². The number of methoxy groups -OCH3 is 3. The number of esters is 1. The third kappa shape index (κ3) is 4.69. The monoisotopic (exact) mass is 391 g/mol. The number of hydrogen-bond donors (Lipinski definition) is 1. The second kappa shape index (κ2) is 9.17. The minimum Gasteiger partial charge on any atom is -0.496 e. The van der Waals surface area contributed by atoms with Gasteiger partial charge in [0.1, 0.15) is 5.75 Å². The zero-order valence-electron chi connectivity index (χ0n) is 16.8. The van der Waals surface area contributed by atoms with Gasteiger partial charge in [-0.15, -0.1) is 0 Å². The highest BCUT2D eigenvalue weighted by atomic mass is 16.5. The van der Waals surface area contributed by atoms with E-state index in [1.165, 1.54) is 19.3 Å². The van der Waals surface area contributed by atoms with Gasteiger partial charge in [0.15, 0.2) is 18.1 Å². The summed E-state index contributed by atoms with van der Waals surface area (Å²) in [7, 11) is 4.64. The Morgan fingerprint density at radius 3 is 2.32 bits per heavy atom. The van der Waals surface area contributed by atoms with Crippen LogP contribution in [0.5, 0.6) is 17.2 Å². The molecule has 0 aromatic heterocycles. The lowest BCUT2D eigenvalue weighted by Gasteiger charge is -2.20. The molecule has 2 aliphatic rings. The summed E-state index contributed by atoms with van der Waals surface area (Å²) in [5, 5.41) is 2.75. The van der Waals surface area contributed by atoms with Crippen molar-refractivity contribution in [1.82, 2.24) is 5.32 Å². The van der Waals surface area contributed by atoms with Crippen LogP contribution >= 0.6 is 0 Å². The Balaban J connectivity index is 1.45. The van der Waals surface area contributed by atoms with Crippen molar-refractivity contribution in [2.24, 2.45) is 17.8 Å². The molecule has 28 heavy (non-hydrogen) atoms. The molecule has 7 heteroatoms. The van der Waals surface area contributed by atoms with Gasteiger partial charge in [-0.2, -0.15) is 0 Å². The molecule has 2 aliphatic carbocycles. The highest BCUT2D eigenvalue weighted by Gasteiger charge is 2.40. The number of hydrogen-bond acceptors (Lipinski definition) is 6. The van der Waals surface area contributed by atoms with E-state index in [1.54, 1.807) is 33.5 Å². The predicted octanol–water partition coefficient (Wildman–Crippen LogP) is 2.70. The number of fused-ring (bicyclic) bond motifs is 2. The molecule has 1 amide bonds. The smallest absolute Gasteiger partial charge is 0.306 e. The SMILES string of the molecule is COc1cc(OC)c(OC)cc1CNC(=O)COC(=O)C[C@@H]1C[C@H]2CC[C@@H]1C2. The molecule has 1 N–H and O–H groups in total. The van der Waals surface area contributed by atoms with Crippen molar-refractivity contribution in [3.63, 3.8) is 0 Å². The molecule has 0 aliphatic heterocycles. The first-order valence-corrected chi connectivity index (χ1v) is 9.75. The van der Waals surface area contributed by atoms with E-state index < -0.39 is 0 Å². The molecule has 1 aromatic rings. The van der Waals surface area contributed by atoms with Crippen LogP contribution in [0.2, 0.25) is 0 Å². The molecule has 0 saturated heterocycles. The molecule has 3 rings (SSSR count). The Morgan fingerprint density at radius 2 is 1.71 bits per heavy atom. The Morgan fingerprint density at radius 1 is 1.00 bits per heavy atom. The predicted molar refractivity (Wildman–Crippen MR) is 102 cm³/mol. The van der Waals surface area contributed by atoms with Gasteiger partial charge in [0.2, 0.25) is 0 Å². The normalized spacial score (nSPS) is 22.6. The first kappa shape index (κ1) is 20.3. The molecule has 0 radical (unpaired) electrons. The minimum absolute atomic E-state index is 0.228. The number of benzene rings is 1. The number of carbonyl (C=O) groups excluding carboxylic acids is 2. The number of nitrogens with one attached hydrogen (secondary N) is 1. The summed E-state index contributed by atoms with van der Waals surface area (Å²) in [5.74, 6) is 2.94. The first-order valence-electron chi connectivity index (χ1n) is 9.75. The van der Waals surface area contributed by atoms with Gasteiger partial charge in [0, 0.05) is 24.6 Å². The van der Waals surface area contributed by atoms with Crippen molar-refractivity contribution in [2.45, 2.75) is 38.6 Å². The van der Waals surface area contributed by atoms with E-state index in [2.05, 4.69) is 5.32 Å². The van der Waals surface area contributed by atoms with Gasteiger partial charge in [-0.05, 0) is 43.1 Å². The van der Waals surface area contributed by atoms with Gasteiger partial charge in [-0.25, -0.2) is 0 Å². The Bertz CT molecular complexity index is 719. The summed E-state index contributed by atoms with van der Waals surface area (Å²) in [6.45, 7) is -0.0401. The molecule has 2 fully saturated rings. The average Bonchev–Trinajstić information content (AvgIpc) is 3.33. The number of rotatable bonds is 9. The fraction of sp³-hybridized carbons (Fsp3) is 0.619. The van der Waals surface area contributed by atoms with Crippen LogP contribution in [-0.4, -0.2) is 39.8 Å². The number of carbonyl (C=O) groups is 2. The van der Waals surface area contributed by atoms with E-state index in [4.69, 9.17) is 18.9 Å². The van der Waals surface area contributed by atoms with Crippen LogP contribution in [0.4, 0.5) is 0 Å². The zero-order valence-corrected chi connectivity index (χ0v) is 16.8. The molecule has 154 valence electrons. The fourth-order valence-corrected chi connectivity index (χ4v) is 4.52. The Kier molecular flexibility index (Phi) is 6.65. The lowest BCUT2D eigenvalue weighted by Crippen LogP contribution is -2.29. The quantitative estimate of drug-likeness (QED) is 0.652. The van der Waals surface area contributed by atoms with Crippen molar-refractivity contribution in [2.75, 3.05) is 27.9 Å². The average molecular weight is 391 g/mol. The van der Waals surface area contributed by atoms with Crippen LogP contribution in [0, 0.1) is 17.8 Å². The second-order valence-corrected chi connectivity index (χ2v) is 7.60. The van der Waals surface area contributed by atoms with Gasteiger partial charge in [0.05, 0.1) is 21.3 Å². The van der Waals surface area contributed by atoms with Gasteiger partial charge in [-0.3, -0.25) is 9.59 Å². The summed E-state index contributed by atoms with van der Waals surface area (Å²) in [6, 6.07) is 3.45. The maximum absolute atomic E-state index is 12.1. The standard InChI is InChI=1S/C21H29NO6/c1-25-17-10-19(27-3)18(26-2)8-16(17)11-22-20(23)12-28-21(24)9-15-7-13-4-5-14(15)6-13/h8,10,13-15H,4-7,9,11-12H2,1-3H3,(H,22,23)/t13-,14+,15-/m0/s1. The van der Waals surface area contributed by atoms with Crippen LogP contribution in [0.25, 0.3) is 0 Å². The molecule has 0 spiro atoms. The zero-order chi connectivity index (χ0) is 20.1. The lowest BCUT2D eigenvalue weighted by molar-refractivity contribution is -0.149. The summed E-state index contributed by atoms with van der Waals surface area (Å²) >= 11 is 0. The molecule has 7 nitrogen and oxygen atoms in total. The van der Waals surface area contributed by atoms with Crippen LogP contribution in [0.3, 0.4) is 0 Å². The van der Waals surface area contributed by atoms with E-state index in [9.17, 15) is 9.59 Å². The van der Waals surface area contributed by atoms with Crippen molar-refractivity contribution in [3.05, 3.63) is 17.7 Å². The third-order valence-electron chi connectivity index (χ3n) is 5.94. The Hall–Kier alpha value is -2.44. The topological polar surface area (TPSA) is 83.1 Å². The lowest BCUT2D eigenvalue weighted by atomic mass is 9.86. The highest BCUT2D eigenvalue weighted by molar-refractivity contribution is 5.80. The summed E-state index contributed by atoms with van der Waals surface area (Å²) in [6.07, 6.45) is 5.35. The molecule has 0 heterocycles. The van der Waals surface area contributed by atoms with Crippen LogP contribution in [0.15, 0.2) is 12.1 Å². The summed E-state index contributed by atoms with van der Waals surface area (Å²) in [4.78, 5) is 24.1. The van der Waals surface area contributed by atoms with Crippen molar-refractivity contribution < 1.29 is 28.5 Å². The second-order valence-electron chi connectivity index (χ2n) is 7.60. The molecular formula is C21H29NO6. The van der Waals surface area contributed by atoms with Crippen LogP contribution in [-0.2, 0) is 20.9 Å². The largest absolute Gasteiger partial charge is 0.496 e. The van der Waals surface area contributed by atoms with Gasteiger partial charge in [-0.1, -0.05) is 6.42 Å². The Labute approximate surface area is 165 Å². The van der Waals surface area contributed by atoms with Gasteiger partial charge < -0.3 is 24.3 Å². The molecule has 2 saturated carbocycles. The minimum atomic E-state index is -0.349. The van der Waals surface area contributed by atoms with E-state index in [-0.39, 0.29) is 25.0 Å². The molecule has 3 atom stereocenters. The van der Waals surface area contributed by atoms with E-state index in [0.717, 1.165) is 17.9 Å². The molecule has 0 unspecified atom stereocenters. The number of amides is 1. The van der Waals surface area contributed by atoms with Crippen LogP contribution < -0.4 is 19.5 Å². The highest BCUT2D eigenvalue weighted by Crippen LogP contribution is 2.49. The summed E-state index contributed by atoms with van der Waals surface area (Å²) in [5.41, 5.74) is 0.738. The van der Waals surface area contributed by atoms with Gasteiger partial charge in [0.25, 0.3) is 5.91 Å². The fourth-order valence-electron chi connectivity index (χ4n) is 4.52. The maximum Gasteiger partial charge on any atom is 0.306 e. The van der Waals surface area contributed by atoms with Gasteiger partial charge >= 0.3 is 5.97 Å². The third-order valence-corrected chi connectivity index (χ3v) is 5.94. The summed E-state index contributed by atoms with van der Waals surface area (Å²) < 4.78 is 21.0. The van der Waals surface area contributed by atoms with E-state index in [0.29, 0.717) is 35.5 Å². The van der Waals surface area contributed by atoms with Crippen molar-refractivity contribution >= 4 is 11.9 Å². The van der Waals surface area contributed by atoms with E-state index in [1.807, 2.05) is 0 Å². The molecule has 1 aromatic carbocycles.